The van der Waals surface area contributed by atoms with E-state index < -0.39 is 6.04 Å². The molecule has 2 heterocycles. The first-order chi connectivity index (χ1) is 10.2. The Balaban J connectivity index is 1.75. The molecule has 2 rings (SSSR count). The molecule has 1 unspecified atom stereocenters. The van der Waals surface area contributed by atoms with Gasteiger partial charge >= 0.3 is 0 Å². The number of anilines is 1. The van der Waals surface area contributed by atoms with Crippen LogP contribution >= 0.6 is 0 Å². The molecule has 1 aliphatic heterocycles. The number of aromatic nitrogens is 2. The SMILES string of the molecule is COCCC(N)C(=O)NC1CCN(c2ncccn2)CC1. The highest BCUT2D eigenvalue weighted by molar-refractivity contribution is 5.81. The van der Waals surface area contributed by atoms with Crippen LogP contribution in [-0.4, -0.2) is 54.8 Å². The van der Waals surface area contributed by atoms with Gasteiger partial charge in [-0.3, -0.25) is 4.79 Å². The van der Waals surface area contributed by atoms with E-state index in [2.05, 4.69) is 20.2 Å². The van der Waals surface area contributed by atoms with Crippen molar-refractivity contribution in [2.75, 3.05) is 31.7 Å². The molecule has 0 aliphatic carbocycles. The lowest BCUT2D eigenvalue weighted by Crippen LogP contribution is -2.50. The van der Waals surface area contributed by atoms with E-state index in [-0.39, 0.29) is 11.9 Å². The van der Waals surface area contributed by atoms with Crippen LogP contribution in [0.3, 0.4) is 0 Å². The summed E-state index contributed by atoms with van der Waals surface area (Å²) in [6.45, 7) is 2.17. The van der Waals surface area contributed by atoms with Crippen LogP contribution in [0.5, 0.6) is 0 Å². The van der Waals surface area contributed by atoms with Gasteiger partial charge in [0.2, 0.25) is 11.9 Å². The molecule has 0 radical (unpaired) electrons. The number of nitrogens with one attached hydrogen (secondary N) is 1. The maximum Gasteiger partial charge on any atom is 0.237 e. The number of piperidine rings is 1. The number of carbonyl (C=O) groups excluding carboxylic acids is 1. The Hall–Kier alpha value is -1.73. The molecule has 1 atom stereocenters. The fraction of sp³-hybridized carbons (Fsp3) is 0.643. The molecule has 116 valence electrons. The molecule has 0 spiro atoms. The molecule has 0 bridgehead atoms. The van der Waals surface area contributed by atoms with E-state index in [0.29, 0.717) is 13.0 Å². The van der Waals surface area contributed by atoms with Gasteiger partial charge in [0.25, 0.3) is 0 Å². The number of hydrogen-bond donors (Lipinski definition) is 2. The van der Waals surface area contributed by atoms with Crippen LogP contribution in [0, 0.1) is 0 Å². The Morgan fingerprint density at radius 1 is 1.48 bits per heavy atom. The van der Waals surface area contributed by atoms with E-state index in [1.807, 2.05) is 0 Å². The average Bonchev–Trinajstić information content (AvgIpc) is 2.54. The molecular formula is C14H23N5O2. The zero-order chi connectivity index (χ0) is 15.1. The Bertz CT molecular complexity index is 434. The van der Waals surface area contributed by atoms with Crippen molar-refractivity contribution in [2.24, 2.45) is 5.73 Å². The van der Waals surface area contributed by atoms with Crippen molar-refractivity contribution in [3.05, 3.63) is 18.5 Å². The average molecular weight is 293 g/mol. The van der Waals surface area contributed by atoms with E-state index in [0.717, 1.165) is 31.9 Å². The van der Waals surface area contributed by atoms with Gasteiger partial charge in [0, 0.05) is 45.2 Å². The lowest BCUT2D eigenvalue weighted by atomic mass is 10.0. The van der Waals surface area contributed by atoms with Gasteiger partial charge in [-0.1, -0.05) is 0 Å². The molecule has 1 saturated heterocycles. The number of rotatable bonds is 6. The first-order valence-electron chi connectivity index (χ1n) is 7.27. The van der Waals surface area contributed by atoms with Gasteiger partial charge in [-0.25, -0.2) is 9.97 Å². The number of nitrogens with two attached hydrogens (primary N) is 1. The van der Waals surface area contributed by atoms with E-state index in [1.165, 1.54) is 0 Å². The summed E-state index contributed by atoms with van der Waals surface area (Å²) in [6, 6.07) is 1.48. The number of carbonyl (C=O) groups is 1. The second kappa shape index (κ2) is 7.90. The van der Waals surface area contributed by atoms with Crippen molar-refractivity contribution in [2.45, 2.75) is 31.3 Å². The maximum absolute atomic E-state index is 11.9. The van der Waals surface area contributed by atoms with E-state index in [1.54, 1.807) is 25.6 Å². The third-order valence-electron chi connectivity index (χ3n) is 3.65. The summed E-state index contributed by atoms with van der Waals surface area (Å²) in [5, 5.41) is 3.01. The van der Waals surface area contributed by atoms with Crippen LogP contribution in [0.2, 0.25) is 0 Å². The molecule has 1 aliphatic rings. The highest BCUT2D eigenvalue weighted by Crippen LogP contribution is 2.15. The van der Waals surface area contributed by atoms with Gasteiger partial charge in [-0.05, 0) is 25.3 Å². The summed E-state index contributed by atoms with van der Waals surface area (Å²) in [6.07, 6.45) is 5.77. The number of ether oxygens (including phenoxy) is 1. The van der Waals surface area contributed by atoms with Crippen molar-refractivity contribution in [1.82, 2.24) is 15.3 Å². The van der Waals surface area contributed by atoms with E-state index in [4.69, 9.17) is 10.5 Å². The highest BCUT2D eigenvalue weighted by Gasteiger charge is 2.23. The van der Waals surface area contributed by atoms with Crippen molar-refractivity contribution in [1.29, 1.82) is 0 Å². The normalized spacial score (nSPS) is 17.5. The van der Waals surface area contributed by atoms with Crippen molar-refractivity contribution in [3.63, 3.8) is 0 Å². The molecule has 1 aromatic rings. The molecule has 21 heavy (non-hydrogen) atoms. The standard InChI is InChI=1S/C14H23N5O2/c1-21-10-5-12(15)13(20)18-11-3-8-19(9-4-11)14-16-6-2-7-17-14/h2,6-7,11-12H,3-5,8-10,15H2,1H3,(H,18,20). The maximum atomic E-state index is 11.9. The first-order valence-corrected chi connectivity index (χ1v) is 7.27. The molecule has 7 heteroatoms. The zero-order valence-corrected chi connectivity index (χ0v) is 12.4. The van der Waals surface area contributed by atoms with Gasteiger partial charge in [-0.2, -0.15) is 0 Å². The topological polar surface area (TPSA) is 93.4 Å². The first kappa shape index (κ1) is 15.7. The Kier molecular flexibility index (Phi) is 5.89. The van der Waals surface area contributed by atoms with Gasteiger partial charge in [0.05, 0.1) is 6.04 Å². The second-order valence-corrected chi connectivity index (χ2v) is 5.21. The van der Waals surface area contributed by atoms with Gasteiger partial charge in [0.15, 0.2) is 0 Å². The molecular weight excluding hydrogens is 270 g/mol. The van der Waals surface area contributed by atoms with Gasteiger partial charge in [0.1, 0.15) is 0 Å². The third kappa shape index (κ3) is 4.64. The summed E-state index contributed by atoms with van der Waals surface area (Å²) < 4.78 is 4.94. The number of methoxy groups -OCH3 is 1. The quantitative estimate of drug-likeness (QED) is 0.762. The lowest BCUT2D eigenvalue weighted by molar-refractivity contribution is -0.123. The van der Waals surface area contributed by atoms with E-state index >= 15 is 0 Å². The second-order valence-electron chi connectivity index (χ2n) is 5.21. The molecule has 1 aromatic heterocycles. The number of nitrogens with zero attached hydrogens (tertiary/aromatic N) is 3. The summed E-state index contributed by atoms with van der Waals surface area (Å²) in [4.78, 5) is 22.6. The minimum atomic E-state index is -0.500. The van der Waals surface area contributed by atoms with Crippen LogP contribution in [0.4, 0.5) is 5.95 Å². The Morgan fingerprint density at radius 3 is 2.76 bits per heavy atom. The molecule has 0 saturated carbocycles. The fourth-order valence-corrected chi connectivity index (χ4v) is 2.36. The zero-order valence-electron chi connectivity index (χ0n) is 12.4. The molecule has 0 aromatic carbocycles. The largest absolute Gasteiger partial charge is 0.385 e. The van der Waals surface area contributed by atoms with Crippen molar-refractivity contribution >= 4 is 11.9 Å². The van der Waals surface area contributed by atoms with Crippen LogP contribution in [0.1, 0.15) is 19.3 Å². The Labute approximate surface area is 124 Å². The smallest absolute Gasteiger partial charge is 0.237 e. The van der Waals surface area contributed by atoms with Crippen LogP contribution < -0.4 is 16.0 Å². The van der Waals surface area contributed by atoms with Crippen molar-refractivity contribution in [3.8, 4) is 0 Å². The van der Waals surface area contributed by atoms with Gasteiger partial charge < -0.3 is 20.7 Å². The molecule has 1 amide bonds. The fourth-order valence-electron chi connectivity index (χ4n) is 2.36. The van der Waals surface area contributed by atoms with Crippen LogP contribution in [0.25, 0.3) is 0 Å². The monoisotopic (exact) mass is 293 g/mol. The Morgan fingerprint density at radius 2 is 2.14 bits per heavy atom. The summed E-state index contributed by atoms with van der Waals surface area (Å²) in [7, 11) is 1.60. The summed E-state index contributed by atoms with van der Waals surface area (Å²) in [5.74, 6) is 0.653. The van der Waals surface area contributed by atoms with Crippen LogP contribution in [-0.2, 0) is 9.53 Å². The lowest BCUT2D eigenvalue weighted by Gasteiger charge is -2.32. The summed E-state index contributed by atoms with van der Waals surface area (Å²) in [5.41, 5.74) is 5.82. The minimum Gasteiger partial charge on any atom is -0.385 e. The molecule has 3 N–H and O–H groups in total. The minimum absolute atomic E-state index is 0.0959. The third-order valence-corrected chi connectivity index (χ3v) is 3.65. The van der Waals surface area contributed by atoms with Gasteiger partial charge in [-0.15, -0.1) is 0 Å². The highest BCUT2D eigenvalue weighted by atomic mass is 16.5. The number of amides is 1. The number of hydrogen-bond acceptors (Lipinski definition) is 6. The predicted molar refractivity (Wildman–Crippen MR) is 79.9 cm³/mol. The predicted octanol–water partition coefficient (Wildman–Crippen LogP) is -0.0746. The molecule has 1 fully saturated rings. The summed E-state index contributed by atoms with van der Waals surface area (Å²) >= 11 is 0. The van der Waals surface area contributed by atoms with Crippen LogP contribution in [0.15, 0.2) is 18.5 Å². The van der Waals surface area contributed by atoms with E-state index in [9.17, 15) is 4.79 Å². The molecule has 7 nitrogen and oxygen atoms in total. The van der Waals surface area contributed by atoms with Crippen molar-refractivity contribution < 1.29 is 9.53 Å².